The Labute approximate surface area is 112 Å². The molecule has 0 amide bonds. The van der Waals surface area contributed by atoms with Crippen molar-refractivity contribution >= 4 is 45.9 Å². The highest BCUT2D eigenvalue weighted by Crippen LogP contribution is 2.28. The van der Waals surface area contributed by atoms with Gasteiger partial charge in [0, 0.05) is 11.1 Å². The third-order valence-corrected chi connectivity index (χ3v) is 3.61. The molecule has 0 aliphatic carbocycles. The van der Waals surface area contributed by atoms with E-state index in [0.29, 0.717) is 0 Å². The minimum Gasteiger partial charge on any atom is -0.338 e. The Hall–Kier alpha value is -0.820. The molecule has 1 heterocycles. The van der Waals surface area contributed by atoms with Crippen LogP contribution in [0.1, 0.15) is 0 Å². The van der Waals surface area contributed by atoms with Crippen LogP contribution < -0.4 is 5.32 Å². The van der Waals surface area contributed by atoms with E-state index in [1.54, 1.807) is 24.3 Å². The van der Waals surface area contributed by atoms with Gasteiger partial charge in [-0.05, 0) is 41.0 Å². The molecule has 0 fully saturated rings. The third-order valence-electron chi connectivity index (χ3n) is 2.03. The summed E-state index contributed by atoms with van der Waals surface area (Å²) in [5, 5.41) is 3.31. The lowest BCUT2D eigenvalue weighted by Crippen LogP contribution is -1.97. The van der Waals surface area contributed by atoms with Gasteiger partial charge in [-0.3, -0.25) is 0 Å². The number of rotatable bonds is 3. The maximum atomic E-state index is 4.21. The molecule has 0 aliphatic rings. The first-order chi connectivity index (χ1) is 7.81. The van der Waals surface area contributed by atoms with Crippen molar-refractivity contribution in [2.45, 2.75) is 4.90 Å². The number of anilines is 2. The number of hydrogen-bond acceptors (Lipinski definition) is 4. The van der Waals surface area contributed by atoms with Crippen LogP contribution in [0.4, 0.5) is 11.5 Å². The fraction of sp³-hybridized carbons (Fsp3) is 0.0909. The van der Waals surface area contributed by atoms with E-state index in [4.69, 9.17) is 0 Å². The van der Waals surface area contributed by atoms with Crippen molar-refractivity contribution in [2.75, 3.05) is 11.6 Å². The molecule has 3 nitrogen and oxygen atoms in total. The van der Waals surface area contributed by atoms with E-state index in [9.17, 15) is 0 Å². The van der Waals surface area contributed by atoms with E-state index >= 15 is 0 Å². The van der Waals surface area contributed by atoms with Crippen LogP contribution in [0.3, 0.4) is 0 Å². The predicted octanol–water partition coefficient (Wildman–Crippen LogP) is 3.55. The second-order valence-corrected chi connectivity index (χ2v) is 5.05. The molecule has 0 aliphatic heterocycles. The summed E-state index contributed by atoms with van der Waals surface area (Å²) >= 11 is 3.93. The summed E-state index contributed by atoms with van der Waals surface area (Å²) in [5.41, 5.74) is 1.08. The molecule has 2 aromatic rings. The largest absolute Gasteiger partial charge is 0.338 e. The second-order valence-electron chi connectivity index (χ2n) is 3.04. The van der Waals surface area contributed by atoms with Gasteiger partial charge in [0.15, 0.2) is 0 Å². The Morgan fingerprint density at radius 1 is 1.31 bits per heavy atom. The minimum absolute atomic E-state index is 0.845. The standard InChI is InChI=1S/C11H10IN3S/c1-16-10-5-3-2-4-9(10)15-11-8(12)6-13-7-14-11/h2-7H,1H3,(H,13,14,15). The second kappa shape index (κ2) is 5.49. The van der Waals surface area contributed by atoms with Crippen LogP contribution in [-0.4, -0.2) is 16.2 Å². The number of aromatic nitrogens is 2. The Balaban J connectivity index is 2.30. The van der Waals surface area contributed by atoms with Crippen LogP contribution in [0.25, 0.3) is 0 Å². The van der Waals surface area contributed by atoms with Gasteiger partial charge in [-0.15, -0.1) is 11.8 Å². The molecule has 2 rings (SSSR count). The fourth-order valence-electron chi connectivity index (χ4n) is 1.28. The zero-order chi connectivity index (χ0) is 11.4. The van der Waals surface area contributed by atoms with Gasteiger partial charge >= 0.3 is 0 Å². The molecule has 0 bridgehead atoms. The molecule has 0 radical (unpaired) electrons. The third kappa shape index (κ3) is 2.65. The molecule has 0 spiro atoms. The smallest absolute Gasteiger partial charge is 0.147 e. The average Bonchev–Trinajstić information content (AvgIpc) is 2.33. The Kier molecular flexibility index (Phi) is 4.00. The monoisotopic (exact) mass is 343 g/mol. The highest BCUT2D eigenvalue weighted by atomic mass is 127. The number of nitrogens with one attached hydrogen (secondary N) is 1. The minimum atomic E-state index is 0.845. The van der Waals surface area contributed by atoms with Crippen molar-refractivity contribution in [2.24, 2.45) is 0 Å². The number of thioether (sulfide) groups is 1. The predicted molar refractivity (Wildman–Crippen MR) is 76.3 cm³/mol. The number of hydrogen-bond donors (Lipinski definition) is 1. The Bertz CT molecular complexity index is 490. The molecule has 0 unspecified atom stereocenters. The molecule has 1 aromatic heterocycles. The zero-order valence-corrected chi connectivity index (χ0v) is 11.6. The lowest BCUT2D eigenvalue weighted by Gasteiger charge is -2.10. The summed E-state index contributed by atoms with van der Waals surface area (Å²) in [7, 11) is 0. The van der Waals surface area contributed by atoms with Crippen molar-refractivity contribution in [1.82, 2.24) is 9.97 Å². The van der Waals surface area contributed by atoms with Gasteiger partial charge in [0.05, 0.1) is 9.26 Å². The SMILES string of the molecule is CSc1ccccc1Nc1ncncc1I. The van der Waals surface area contributed by atoms with Gasteiger partial charge in [0.1, 0.15) is 12.1 Å². The van der Waals surface area contributed by atoms with Gasteiger partial charge < -0.3 is 5.32 Å². The Morgan fingerprint density at radius 3 is 2.88 bits per heavy atom. The summed E-state index contributed by atoms with van der Waals surface area (Å²) in [6.45, 7) is 0. The summed E-state index contributed by atoms with van der Waals surface area (Å²) in [6, 6.07) is 8.17. The molecule has 16 heavy (non-hydrogen) atoms. The van der Waals surface area contributed by atoms with Crippen LogP contribution >= 0.6 is 34.4 Å². The molecular weight excluding hydrogens is 333 g/mol. The van der Waals surface area contributed by atoms with Crippen LogP contribution in [0, 0.1) is 3.57 Å². The zero-order valence-electron chi connectivity index (χ0n) is 8.64. The molecule has 0 saturated carbocycles. The molecule has 82 valence electrons. The van der Waals surface area contributed by atoms with Crippen molar-refractivity contribution in [1.29, 1.82) is 0 Å². The maximum Gasteiger partial charge on any atom is 0.147 e. The van der Waals surface area contributed by atoms with E-state index in [2.05, 4.69) is 50.2 Å². The van der Waals surface area contributed by atoms with Crippen LogP contribution in [0.15, 0.2) is 41.7 Å². The van der Waals surface area contributed by atoms with Gasteiger partial charge in [0.2, 0.25) is 0 Å². The highest BCUT2D eigenvalue weighted by molar-refractivity contribution is 14.1. The Morgan fingerprint density at radius 2 is 2.12 bits per heavy atom. The van der Waals surface area contributed by atoms with Crippen molar-refractivity contribution in [3.05, 3.63) is 40.4 Å². The quantitative estimate of drug-likeness (QED) is 0.683. The summed E-state index contributed by atoms with van der Waals surface area (Å²) in [6.07, 6.45) is 5.40. The van der Waals surface area contributed by atoms with Gasteiger partial charge in [-0.1, -0.05) is 12.1 Å². The topological polar surface area (TPSA) is 37.8 Å². The van der Waals surface area contributed by atoms with Crippen molar-refractivity contribution < 1.29 is 0 Å². The molecule has 0 atom stereocenters. The number of nitrogens with zero attached hydrogens (tertiary/aromatic N) is 2. The van der Waals surface area contributed by atoms with Crippen molar-refractivity contribution in [3.63, 3.8) is 0 Å². The molecule has 1 N–H and O–H groups in total. The van der Waals surface area contributed by atoms with Crippen molar-refractivity contribution in [3.8, 4) is 0 Å². The maximum absolute atomic E-state index is 4.21. The van der Waals surface area contributed by atoms with Gasteiger partial charge in [0.25, 0.3) is 0 Å². The number of para-hydroxylation sites is 1. The summed E-state index contributed by atoms with van der Waals surface area (Å²) in [4.78, 5) is 9.38. The first kappa shape index (κ1) is 11.7. The molecule has 5 heteroatoms. The molecule has 1 aromatic carbocycles. The molecular formula is C11H10IN3S. The average molecular weight is 343 g/mol. The van der Waals surface area contributed by atoms with Gasteiger partial charge in [-0.2, -0.15) is 0 Å². The van der Waals surface area contributed by atoms with E-state index in [1.165, 1.54) is 4.90 Å². The van der Waals surface area contributed by atoms with Gasteiger partial charge in [-0.25, -0.2) is 9.97 Å². The number of benzene rings is 1. The van der Waals surface area contributed by atoms with Crippen LogP contribution in [0.2, 0.25) is 0 Å². The first-order valence-corrected chi connectivity index (χ1v) is 6.97. The lowest BCUT2D eigenvalue weighted by atomic mass is 10.3. The number of halogens is 1. The van der Waals surface area contributed by atoms with Crippen LogP contribution in [-0.2, 0) is 0 Å². The van der Waals surface area contributed by atoms with E-state index in [1.807, 2.05) is 18.2 Å². The highest BCUT2D eigenvalue weighted by Gasteiger charge is 2.04. The normalized spacial score (nSPS) is 10.1. The van der Waals surface area contributed by atoms with E-state index in [-0.39, 0.29) is 0 Å². The van der Waals surface area contributed by atoms with E-state index in [0.717, 1.165) is 15.1 Å². The summed E-state index contributed by atoms with van der Waals surface area (Å²) in [5.74, 6) is 0.845. The summed E-state index contributed by atoms with van der Waals surface area (Å²) < 4.78 is 1.01. The van der Waals surface area contributed by atoms with Crippen LogP contribution in [0.5, 0.6) is 0 Å². The van der Waals surface area contributed by atoms with E-state index < -0.39 is 0 Å². The first-order valence-electron chi connectivity index (χ1n) is 4.67. The fourth-order valence-corrected chi connectivity index (χ4v) is 2.27. The lowest BCUT2D eigenvalue weighted by molar-refractivity contribution is 1.15. The molecule has 0 saturated heterocycles.